The zero-order valence-electron chi connectivity index (χ0n) is 18.8. The second-order valence-corrected chi connectivity index (χ2v) is 10.6. The van der Waals surface area contributed by atoms with Crippen LogP contribution in [-0.4, -0.2) is 43.7 Å². The first kappa shape index (κ1) is 23.3. The largest absolute Gasteiger partial charge is 0.489 e. The predicted molar refractivity (Wildman–Crippen MR) is 126 cm³/mol. The number of carbonyl (C=O) groups is 2. The first-order valence-electron chi connectivity index (χ1n) is 11.3. The smallest absolute Gasteiger partial charge is 0.243 e. The zero-order valence-corrected chi connectivity index (χ0v) is 19.7. The normalized spacial score (nSPS) is 19.0. The maximum Gasteiger partial charge on any atom is 0.243 e. The molecule has 1 saturated heterocycles. The number of carbonyl (C=O) groups excluding carboxylic acids is 2. The van der Waals surface area contributed by atoms with Crippen LogP contribution in [0.15, 0.2) is 47.4 Å². The molecule has 33 heavy (non-hydrogen) atoms. The van der Waals surface area contributed by atoms with Crippen molar-refractivity contribution in [2.75, 3.05) is 23.7 Å². The van der Waals surface area contributed by atoms with Crippen LogP contribution in [0.5, 0.6) is 5.75 Å². The number of fused-ring (bicyclic) bond motifs is 1. The number of sulfonamides is 1. The average Bonchev–Trinajstić information content (AvgIpc) is 2.79. The van der Waals surface area contributed by atoms with Crippen molar-refractivity contribution in [3.05, 3.63) is 48.0 Å². The van der Waals surface area contributed by atoms with Crippen LogP contribution in [0.2, 0.25) is 0 Å². The van der Waals surface area contributed by atoms with Gasteiger partial charge in [-0.2, -0.15) is 4.31 Å². The lowest BCUT2D eigenvalue weighted by molar-refractivity contribution is -0.123. The van der Waals surface area contributed by atoms with Crippen LogP contribution in [0.4, 0.5) is 11.4 Å². The Morgan fingerprint density at radius 1 is 1.12 bits per heavy atom. The molecular formula is C24H29N3O5S. The maximum absolute atomic E-state index is 13.3. The SMILES string of the molecule is CC(C)Oc1ccc(S(=O)(=O)N2CCCCC2)cc1NC(=O)C1CC(=O)Nc2ccccc21. The van der Waals surface area contributed by atoms with E-state index < -0.39 is 21.8 Å². The molecule has 0 saturated carbocycles. The van der Waals surface area contributed by atoms with Crippen molar-refractivity contribution >= 4 is 33.2 Å². The molecule has 176 valence electrons. The summed E-state index contributed by atoms with van der Waals surface area (Å²) in [6.45, 7) is 4.68. The van der Waals surface area contributed by atoms with Crippen LogP contribution < -0.4 is 15.4 Å². The van der Waals surface area contributed by atoms with E-state index in [4.69, 9.17) is 4.74 Å². The van der Waals surface area contributed by atoms with Crippen LogP contribution in [0, 0.1) is 0 Å². The topological polar surface area (TPSA) is 105 Å². The highest BCUT2D eigenvalue weighted by Crippen LogP contribution is 2.35. The summed E-state index contributed by atoms with van der Waals surface area (Å²) < 4.78 is 33.7. The highest BCUT2D eigenvalue weighted by Gasteiger charge is 2.32. The standard InChI is InChI=1S/C24H29N3O5S/c1-16(2)32-22-11-10-17(33(30,31)27-12-6-3-7-13-27)14-21(22)26-24(29)19-15-23(28)25-20-9-5-4-8-18(19)20/h4-5,8-11,14,16,19H,3,6-7,12-13,15H2,1-2H3,(H,25,28)(H,26,29). The summed E-state index contributed by atoms with van der Waals surface area (Å²) in [6.07, 6.45) is 2.52. The molecule has 1 fully saturated rings. The minimum Gasteiger partial charge on any atom is -0.489 e. The lowest BCUT2D eigenvalue weighted by Gasteiger charge is -2.27. The van der Waals surface area contributed by atoms with E-state index in [1.165, 1.54) is 16.4 Å². The molecule has 2 heterocycles. The van der Waals surface area contributed by atoms with Gasteiger partial charge in [0.2, 0.25) is 21.8 Å². The Hall–Kier alpha value is -2.91. The summed E-state index contributed by atoms with van der Waals surface area (Å²) in [4.78, 5) is 25.5. The molecule has 9 heteroatoms. The predicted octanol–water partition coefficient (Wildman–Crippen LogP) is 3.71. The Bertz CT molecular complexity index is 1160. The van der Waals surface area contributed by atoms with Gasteiger partial charge in [0.15, 0.2) is 0 Å². The van der Waals surface area contributed by atoms with Gasteiger partial charge in [-0.1, -0.05) is 24.6 Å². The van der Waals surface area contributed by atoms with Crippen LogP contribution in [-0.2, 0) is 19.6 Å². The molecule has 1 atom stereocenters. The number of rotatable bonds is 6. The van der Waals surface area contributed by atoms with Crippen molar-refractivity contribution in [1.29, 1.82) is 0 Å². The van der Waals surface area contributed by atoms with Crippen molar-refractivity contribution < 1.29 is 22.7 Å². The Balaban J connectivity index is 1.66. The summed E-state index contributed by atoms with van der Waals surface area (Å²) in [5.41, 5.74) is 1.60. The lowest BCUT2D eigenvalue weighted by Crippen LogP contribution is -2.35. The number of piperidine rings is 1. The highest BCUT2D eigenvalue weighted by molar-refractivity contribution is 7.89. The summed E-state index contributed by atoms with van der Waals surface area (Å²) in [5, 5.41) is 5.62. The van der Waals surface area contributed by atoms with Crippen LogP contribution in [0.25, 0.3) is 0 Å². The number of hydrogen-bond donors (Lipinski definition) is 2. The van der Waals surface area contributed by atoms with Crippen molar-refractivity contribution in [3.8, 4) is 5.75 Å². The third kappa shape index (κ3) is 5.04. The van der Waals surface area contributed by atoms with Gasteiger partial charge in [-0.3, -0.25) is 9.59 Å². The van der Waals surface area contributed by atoms with E-state index in [-0.39, 0.29) is 29.0 Å². The fourth-order valence-corrected chi connectivity index (χ4v) is 5.79. The second kappa shape index (κ2) is 9.52. The molecule has 0 radical (unpaired) electrons. The number of ether oxygens (including phenoxy) is 1. The minimum absolute atomic E-state index is 0.00891. The van der Waals surface area contributed by atoms with Gasteiger partial charge in [0.25, 0.3) is 0 Å². The van der Waals surface area contributed by atoms with Gasteiger partial charge < -0.3 is 15.4 Å². The Labute approximate surface area is 194 Å². The molecule has 2 aliphatic rings. The molecule has 0 spiro atoms. The van der Waals surface area contributed by atoms with Crippen LogP contribution in [0.1, 0.15) is 51.0 Å². The molecule has 0 aromatic heterocycles. The quantitative estimate of drug-likeness (QED) is 0.668. The molecule has 4 rings (SSSR count). The minimum atomic E-state index is -3.69. The van der Waals surface area contributed by atoms with E-state index in [0.717, 1.165) is 24.8 Å². The van der Waals surface area contributed by atoms with E-state index in [0.29, 0.717) is 24.5 Å². The number of hydrogen-bond acceptors (Lipinski definition) is 5. The Morgan fingerprint density at radius 2 is 1.85 bits per heavy atom. The molecule has 2 aromatic rings. The molecule has 2 amide bonds. The highest BCUT2D eigenvalue weighted by atomic mass is 32.2. The van der Waals surface area contributed by atoms with Crippen LogP contribution in [0.3, 0.4) is 0 Å². The Kier molecular flexibility index (Phi) is 6.71. The van der Waals surface area contributed by atoms with E-state index in [1.54, 1.807) is 18.2 Å². The van der Waals surface area contributed by atoms with Crippen molar-refractivity contribution in [2.24, 2.45) is 0 Å². The number of anilines is 2. The number of nitrogens with zero attached hydrogens (tertiary/aromatic N) is 1. The number of nitrogens with one attached hydrogen (secondary N) is 2. The first-order valence-corrected chi connectivity index (χ1v) is 12.7. The van der Waals surface area contributed by atoms with Crippen molar-refractivity contribution in [1.82, 2.24) is 4.31 Å². The fourth-order valence-electron chi connectivity index (χ4n) is 4.24. The molecule has 2 aliphatic heterocycles. The van der Waals surface area contributed by atoms with Crippen molar-refractivity contribution in [3.63, 3.8) is 0 Å². The van der Waals surface area contributed by atoms with Gasteiger partial charge in [0, 0.05) is 25.2 Å². The van der Waals surface area contributed by atoms with Crippen LogP contribution >= 0.6 is 0 Å². The number of para-hydroxylation sites is 1. The molecule has 0 bridgehead atoms. The van der Waals surface area contributed by atoms with Gasteiger partial charge in [-0.05, 0) is 56.5 Å². The third-order valence-electron chi connectivity index (χ3n) is 5.84. The summed E-state index contributed by atoms with van der Waals surface area (Å²) >= 11 is 0. The van der Waals surface area contributed by atoms with Gasteiger partial charge in [0.05, 0.1) is 22.6 Å². The number of amides is 2. The summed E-state index contributed by atoms with van der Waals surface area (Å²) in [5.74, 6) is -0.943. The maximum atomic E-state index is 13.3. The monoisotopic (exact) mass is 471 g/mol. The molecule has 2 N–H and O–H groups in total. The van der Waals surface area contributed by atoms with E-state index in [2.05, 4.69) is 10.6 Å². The number of benzene rings is 2. The van der Waals surface area contributed by atoms with Gasteiger partial charge in [-0.25, -0.2) is 8.42 Å². The van der Waals surface area contributed by atoms with Gasteiger partial charge >= 0.3 is 0 Å². The first-order chi connectivity index (χ1) is 15.8. The van der Waals surface area contributed by atoms with Gasteiger partial charge in [0.1, 0.15) is 5.75 Å². The van der Waals surface area contributed by atoms with E-state index in [1.807, 2.05) is 26.0 Å². The molecule has 2 aromatic carbocycles. The molecular weight excluding hydrogens is 442 g/mol. The average molecular weight is 472 g/mol. The molecule has 8 nitrogen and oxygen atoms in total. The van der Waals surface area contributed by atoms with Crippen molar-refractivity contribution in [2.45, 2.75) is 56.4 Å². The summed E-state index contributed by atoms with van der Waals surface area (Å²) in [6, 6.07) is 11.7. The lowest BCUT2D eigenvalue weighted by atomic mass is 9.90. The van der Waals surface area contributed by atoms with E-state index in [9.17, 15) is 18.0 Å². The molecule has 1 unspecified atom stereocenters. The fraction of sp³-hybridized carbons (Fsp3) is 0.417. The Morgan fingerprint density at radius 3 is 2.58 bits per heavy atom. The second-order valence-electron chi connectivity index (χ2n) is 8.67. The van der Waals surface area contributed by atoms with Gasteiger partial charge in [-0.15, -0.1) is 0 Å². The molecule has 0 aliphatic carbocycles. The summed E-state index contributed by atoms with van der Waals surface area (Å²) in [7, 11) is -3.69. The zero-order chi connectivity index (χ0) is 23.6. The third-order valence-corrected chi connectivity index (χ3v) is 7.74. The van der Waals surface area contributed by atoms with E-state index >= 15 is 0 Å².